The van der Waals surface area contributed by atoms with E-state index in [1.165, 1.54) is 13.0 Å². The number of rotatable bonds is 2. The molecular formula is C12H13F3O. The number of benzene rings is 1. The summed E-state index contributed by atoms with van der Waals surface area (Å²) in [6.45, 7) is 4.96. The third-order valence-electron chi connectivity index (χ3n) is 2.34. The maximum atomic E-state index is 12.4. The van der Waals surface area contributed by atoms with Crippen LogP contribution in [0.5, 0.6) is 0 Å². The Morgan fingerprint density at radius 3 is 2.19 bits per heavy atom. The Labute approximate surface area is 92.3 Å². The van der Waals surface area contributed by atoms with E-state index < -0.39 is 11.7 Å². The molecule has 1 nitrogen and oxygen atoms in total. The number of alkyl halides is 3. The van der Waals surface area contributed by atoms with E-state index in [9.17, 15) is 18.0 Å². The number of aryl methyl sites for hydroxylation is 1. The maximum Gasteiger partial charge on any atom is 0.416 e. The number of carbonyl (C=O) groups is 1. The first-order valence-electron chi connectivity index (χ1n) is 4.95. The average Bonchev–Trinajstić information content (AvgIpc) is 2.15. The number of carbonyl (C=O) groups excluding carboxylic acids is 1. The number of hydrogen-bond donors (Lipinski definition) is 0. The molecular weight excluding hydrogens is 217 g/mol. The molecule has 0 aliphatic heterocycles. The Morgan fingerprint density at radius 2 is 1.81 bits per heavy atom. The molecule has 88 valence electrons. The first kappa shape index (κ1) is 12.7. The lowest BCUT2D eigenvalue weighted by Gasteiger charge is -2.11. The molecule has 0 radical (unpaired) electrons. The van der Waals surface area contributed by atoms with Crippen LogP contribution in [0.2, 0.25) is 0 Å². The molecule has 0 bridgehead atoms. The van der Waals surface area contributed by atoms with Gasteiger partial charge in [0.1, 0.15) is 0 Å². The SMILES string of the molecule is Cc1cc(C(F)(F)F)ccc1C(=O)C(C)C. The van der Waals surface area contributed by atoms with Crippen molar-refractivity contribution in [3.63, 3.8) is 0 Å². The van der Waals surface area contributed by atoms with E-state index in [-0.39, 0.29) is 11.7 Å². The first-order valence-corrected chi connectivity index (χ1v) is 4.95. The van der Waals surface area contributed by atoms with Crippen LogP contribution in [0.25, 0.3) is 0 Å². The summed E-state index contributed by atoms with van der Waals surface area (Å²) >= 11 is 0. The van der Waals surface area contributed by atoms with Gasteiger partial charge in [0.05, 0.1) is 5.56 Å². The second-order valence-electron chi connectivity index (χ2n) is 4.05. The summed E-state index contributed by atoms with van der Waals surface area (Å²) in [4.78, 5) is 11.6. The van der Waals surface area contributed by atoms with E-state index in [4.69, 9.17) is 0 Å². The van der Waals surface area contributed by atoms with Crippen molar-refractivity contribution < 1.29 is 18.0 Å². The predicted molar refractivity (Wildman–Crippen MR) is 55.3 cm³/mol. The van der Waals surface area contributed by atoms with Crippen LogP contribution in [-0.4, -0.2) is 5.78 Å². The highest BCUT2D eigenvalue weighted by Gasteiger charge is 2.31. The monoisotopic (exact) mass is 230 g/mol. The summed E-state index contributed by atoms with van der Waals surface area (Å²) in [5, 5.41) is 0. The van der Waals surface area contributed by atoms with Crippen LogP contribution in [0.3, 0.4) is 0 Å². The minimum Gasteiger partial charge on any atom is -0.294 e. The topological polar surface area (TPSA) is 17.1 Å². The Kier molecular flexibility index (Phi) is 3.41. The predicted octanol–water partition coefficient (Wildman–Crippen LogP) is 3.85. The Hall–Kier alpha value is -1.32. The van der Waals surface area contributed by atoms with E-state index in [0.717, 1.165) is 12.1 Å². The third kappa shape index (κ3) is 2.62. The number of Topliss-reactive ketones (excluding diaryl/α,β-unsaturated/α-hetero) is 1. The van der Waals surface area contributed by atoms with Crippen LogP contribution < -0.4 is 0 Å². The van der Waals surface area contributed by atoms with Crippen LogP contribution in [0, 0.1) is 12.8 Å². The van der Waals surface area contributed by atoms with E-state index in [0.29, 0.717) is 11.1 Å². The van der Waals surface area contributed by atoms with Gasteiger partial charge < -0.3 is 0 Å². The zero-order chi connectivity index (χ0) is 12.5. The van der Waals surface area contributed by atoms with Crippen LogP contribution in [-0.2, 0) is 6.18 Å². The highest BCUT2D eigenvalue weighted by Crippen LogP contribution is 2.30. The minimum atomic E-state index is -4.36. The van der Waals surface area contributed by atoms with Crippen LogP contribution >= 0.6 is 0 Å². The molecule has 0 spiro atoms. The molecule has 1 aromatic rings. The molecule has 16 heavy (non-hydrogen) atoms. The summed E-state index contributed by atoms with van der Waals surface area (Å²) in [7, 11) is 0. The van der Waals surface area contributed by atoms with Gasteiger partial charge in [-0.05, 0) is 24.6 Å². The number of ketones is 1. The lowest BCUT2D eigenvalue weighted by Crippen LogP contribution is -2.11. The fraction of sp³-hybridized carbons (Fsp3) is 0.417. The van der Waals surface area contributed by atoms with Crippen molar-refractivity contribution in [3.8, 4) is 0 Å². The highest BCUT2D eigenvalue weighted by atomic mass is 19.4. The van der Waals surface area contributed by atoms with Crippen molar-refractivity contribution in [1.82, 2.24) is 0 Å². The Morgan fingerprint density at radius 1 is 1.25 bits per heavy atom. The van der Waals surface area contributed by atoms with Gasteiger partial charge in [0.15, 0.2) is 5.78 Å². The van der Waals surface area contributed by atoms with Gasteiger partial charge in [0.25, 0.3) is 0 Å². The van der Waals surface area contributed by atoms with Gasteiger partial charge in [-0.2, -0.15) is 13.2 Å². The van der Waals surface area contributed by atoms with Crippen LogP contribution in [0.15, 0.2) is 18.2 Å². The van der Waals surface area contributed by atoms with Crippen molar-refractivity contribution >= 4 is 5.78 Å². The second kappa shape index (κ2) is 4.28. The molecule has 0 unspecified atom stereocenters. The summed E-state index contributed by atoms with van der Waals surface area (Å²) in [5.41, 5.74) is 0.0156. The van der Waals surface area contributed by atoms with Gasteiger partial charge in [-0.15, -0.1) is 0 Å². The zero-order valence-electron chi connectivity index (χ0n) is 9.35. The van der Waals surface area contributed by atoms with Gasteiger partial charge >= 0.3 is 6.18 Å². The molecule has 0 saturated heterocycles. The summed E-state index contributed by atoms with van der Waals surface area (Å²) in [6, 6.07) is 3.21. The maximum absolute atomic E-state index is 12.4. The van der Waals surface area contributed by atoms with Crippen molar-refractivity contribution in [2.24, 2.45) is 5.92 Å². The quantitative estimate of drug-likeness (QED) is 0.705. The Bertz CT molecular complexity index is 405. The van der Waals surface area contributed by atoms with Crippen molar-refractivity contribution in [3.05, 3.63) is 34.9 Å². The Balaban J connectivity index is 3.15. The van der Waals surface area contributed by atoms with E-state index >= 15 is 0 Å². The molecule has 0 amide bonds. The molecule has 0 heterocycles. The molecule has 0 aliphatic carbocycles. The molecule has 0 N–H and O–H groups in total. The zero-order valence-corrected chi connectivity index (χ0v) is 9.35. The highest BCUT2D eigenvalue weighted by molar-refractivity contribution is 5.98. The van der Waals surface area contributed by atoms with Crippen molar-refractivity contribution in [1.29, 1.82) is 0 Å². The van der Waals surface area contributed by atoms with Crippen LogP contribution in [0.4, 0.5) is 13.2 Å². The molecule has 0 saturated carbocycles. The minimum absolute atomic E-state index is 0.133. The van der Waals surface area contributed by atoms with Gasteiger partial charge in [0.2, 0.25) is 0 Å². The van der Waals surface area contributed by atoms with Gasteiger partial charge in [-0.3, -0.25) is 4.79 Å². The molecule has 1 rings (SSSR count). The van der Waals surface area contributed by atoms with E-state index in [1.807, 2.05) is 0 Å². The largest absolute Gasteiger partial charge is 0.416 e. The number of hydrogen-bond acceptors (Lipinski definition) is 1. The van der Waals surface area contributed by atoms with Gasteiger partial charge in [-0.1, -0.05) is 19.9 Å². The summed E-state index contributed by atoms with van der Waals surface area (Å²) in [5.74, 6) is -0.346. The molecule has 1 aromatic carbocycles. The average molecular weight is 230 g/mol. The first-order chi connectivity index (χ1) is 7.23. The summed E-state index contributed by atoms with van der Waals surface area (Å²) < 4.78 is 37.1. The third-order valence-corrected chi connectivity index (χ3v) is 2.34. The lowest BCUT2D eigenvalue weighted by molar-refractivity contribution is -0.137. The molecule has 0 aliphatic rings. The second-order valence-corrected chi connectivity index (χ2v) is 4.05. The normalized spacial score (nSPS) is 11.9. The fourth-order valence-corrected chi connectivity index (χ4v) is 1.43. The molecule has 0 aromatic heterocycles. The van der Waals surface area contributed by atoms with E-state index in [2.05, 4.69) is 0 Å². The standard InChI is InChI=1S/C12H13F3O/c1-7(2)11(16)10-5-4-9(6-8(10)3)12(13,14)15/h4-7H,1-3H3. The lowest BCUT2D eigenvalue weighted by atomic mass is 9.95. The number of halogens is 3. The fourth-order valence-electron chi connectivity index (χ4n) is 1.43. The molecule has 4 heteroatoms. The van der Waals surface area contributed by atoms with Gasteiger partial charge in [-0.25, -0.2) is 0 Å². The smallest absolute Gasteiger partial charge is 0.294 e. The molecule has 0 fully saturated rings. The van der Waals surface area contributed by atoms with E-state index in [1.54, 1.807) is 13.8 Å². The van der Waals surface area contributed by atoms with Gasteiger partial charge in [0, 0.05) is 11.5 Å². The summed E-state index contributed by atoms with van der Waals surface area (Å²) in [6.07, 6.45) is -4.36. The van der Waals surface area contributed by atoms with Crippen LogP contribution in [0.1, 0.15) is 35.3 Å². The van der Waals surface area contributed by atoms with Crippen molar-refractivity contribution in [2.75, 3.05) is 0 Å². The molecule has 0 atom stereocenters. The van der Waals surface area contributed by atoms with Crippen molar-refractivity contribution in [2.45, 2.75) is 26.9 Å².